The van der Waals surface area contributed by atoms with Crippen LogP contribution in [0.5, 0.6) is 23.0 Å². The van der Waals surface area contributed by atoms with E-state index >= 15 is 0 Å². The Morgan fingerprint density at radius 2 is 1.70 bits per heavy atom. The minimum absolute atomic E-state index is 0.00635. The van der Waals surface area contributed by atoms with Crippen LogP contribution in [-0.4, -0.2) is 29.0 Å². The molecule has 5 rings (SSSR count). The van der Waals surface area contributed by atoms with E-state index in [-0.39, 0.29) is 24.2 Å². The second-order valence-electron chi connectivity index (χ2n) is 10.0. The second kappa shape index (κ2) is 13.0. The maximum absolute atomic E-state index is 12.7. The van der Waals surface area contributed by atoms with Gasteiger partial charge in [-0.1, -0.05) is 31.2 Å². The molecule has 0 saturated carbocycles. The van der Waals surface area contributed by atoms with Gasteiger partial charge in [0.2, 0.25) is 5.89 Å². The third-order valence-corrected chi connectivity index (χ3v) is 6.63. The summed E-state index contributed by atoms with van der Waals surface area (Å²) in [5.74, 6) is 1.60. The van der Waals surface area contributed by atoms with Gasteiger partial charge in [-0.05, 0) is 85.2 Å². The molecule has 1 aromatic heterocycles. The lowest BCUT2D eigenvalue weighted by Crippen LogP contribution is -2.16. The van der Waals surface area contributed by atoms with Gasteiger partial charge in [-0.2, -0.15) is 0 Å². The molecule has 0 amide bonds. The number of aromatic nitrogens is 1. The minimum Gasteiger partial charge on any atom is -0.484 e. The molecule has 8 nitrogen and oxygen atoms in total. The molecule has 1 N–H and O–H groups in total. The van der Waals surface area contributed by atoms with Crippen LogP contribution in [0.15, 0.2) is 95.1 Å². The molecule has 4 aromatic rings. The van der Waals surface area contributed by atoms with Crippen LogP contribution < -0.4 is 18.9 Å². The van der Waals surface area contributed by atoms with Crippen molar-refractivity contribution >= 4 is 11.5 Å². The van der Waals surface area contributed by atoms with Gasteiger partial charge in [0, 0.05) is 11.5 Å². The van der Waals surface area contributed by atoms with E-state index in [1.54, 1.807) is 25.1 Å². The van der Waals surface area contributed by atoms with E-state index in [4.69, 9.17) is 28.7 Å². The Kier molecular flexibility index (Phi) is 8.94. The number of carbonyl (C=O) groups is 1. The third-order valence-electron chi connectivity index (χ3n) is 6.63. The highest BCUT2D eigenvalue weighted by Gasteiger charge is 2.31. The number of carboxylic acid groups (broad SMARTS) is 1. The van der Waals surface area contributed by atoms with E-state index in [0.717, 1.165) is 17.1 Å². The average Bonchev–Trinajstić information content (AvgIpc) is 3.41. The Bertz CT molecular complexity index is 1680. The molecule has 0 fully saturated rings. The maximum atomic E-state index is 12.7. The fourth-order valence-electron chi connectivity index (χ4n) is 4.59. The molecule has 0 spiro atoms. The van der Waals surface area contributed by atoms with Crippen LogP contribution in [0.1, 0.15) is 30.5 Å². The summed E-state index contributed by atoms with van der Waals surface area (Å²) in [7, 11) is 0. The van der Waals surface area contributed by atoms with E-state index in [0.29, 0.717) is 40.5 Å². The number of hydrogen-bond donors (Lipinski definition) is 1. The highest BCUT2D eigenvalue weighted by atomic mass is 19.4. The molecule has 3 aromatic carbocycles. The first kappa shape index (κ1) is 30.3. The van der Waals surface area contributed by atoms with Gasteiger partial charge in [0.25, 0.3) is 0 Å². The predicted molar refractivity (Wildman–Crippen MR) is 154 cm³/mol. The normalized spacial score (nSPS) is 14.8. The summed E-state index contributed by atoms with van der Waals surface area (Å²) in [4.78, 5) is 15.5. The molecule has 1 aliphatic carbocycles. The molecule has 44 heavy (non-hydrogen) atoms. The van der Waals surface area contributed by atoms with Gasteiger partial charge >= 0.3 is 12.3 Å². The van der Waals surface area contributed by atoms with Crippen LogP contribution in [0, 0.1) is 12.8 Å². The van der Waals surface area contributed by atoms with E-state index in [1.807, 2.05) is 49.4 Å². The van der Waals surface area contributed by atoms with Crippen molar-refractivity contribution in [2.24, 2.45) is 5.92 Å². The number of para-hydroxylation sites is 1. The van der Waals surface area contributed by atoms with Crippen molar-refractivity contribution in [3.63, 3.8) is 0 Å². The minimum atomic E-state index is -4.81. The molecule has 0 bridgehead atoms. The fourth-order valence-corrected chi connectivity index (χ4v) is 4.59. The fraction of sp³-hybridized carbons (Fsp3) is 0.212. The third kappa shape index (κ3) is 7.80. The topological polar surface area (TPSA) is 100 Å². The van der Waals surface area contributed by atoms with Crippen LogP contribution in [0.2, 0.25) is 0 Å². The van der Waals surface area contributed by atoms with Gasteiger partial charge in [0.15, 0.2) is 19.0 Å². The lowest BCUT2D eigenvalue weighted by atomic mass is 9.91. The van der Waals surface area contributed by atoms with Crippen LogP contribution in [0.3, 0.4) is 0 Å². The van der Waals surface area contributed by atoms with Gasteiger partial charge < -0.3 is 28.5 Å². The first-order valence-electron chi connectivity index (χ1n) is 13.6. The Morgan fingerprint density at radius 1 is 0.977 bits per heavy atom. The summed E-state index contributed by atoms with van der Waals surface area (Å²) in [6.45, 7) is 3.28. The summed E-state index contributed by atoms with van der Waals surface area (Å²) < 4.78 is 65.5. The quantitative estimate of drug-likeness (QED) is 0.183. The molecule has 1 atom stereocenters. The Labute approximate surface area is 251 Å². The summed E-state index contributed by atoms with van der Waals surface area (Å²) >= 11 is 0. The summed E-state index contributed by atoms with van der Waals surface area (Å²) in [6.07, 6.45) is -0.463. The molecule has 1 aliphatic rings. The molecule has 228 valence electrons. The first-order chi connectivity index (χ1) is 21.0. The van der Waals surface area contributed by atoms with Gasteiger partial charge in [0.05, 0.1) is 0 Å². The van der Waals surface area contributed by atoms with Crippen LogP contribution in [-0.2, 0) is 11.4 Å². The Morgan fingerprint density at radius 3 is 2.36 bits per heavy atom. The number of allylic oxidation sites excluding steroid dienone is 4. The highest BCUT2D eigenvalue weighted by molar-refractivity contribution is 5.77. The van der Waals surface area contributed by atoms with Gasteiger partial charge in [0.1, 0.15) is 34.5 Å². The van der Waals surface area contributed by atoms with Crippen LogP contribution in [0.4, 0.5) is 13.2 Å². The molecule has 11 heteroatoms. The predicted octanol–water partition coefficient (Wildman–Crippen LogP) is 7.98. The number of aryl methyl sites for hydroxylation is 1. The maximum Gasteiger partial charge on any atom is 0.573 e. The van der Waals surface area contributed by atoms with Crippen molar-refractivity contribution in [2.75, 3.05) is 6.61 Å². The zero-order chi connectivity index (χ0) is 31.3. The molecule has 0 saturated heterocycles. The molecule has 1 unspecified atom stereocenters. The largest absolute Gasteiger partial charge is 0.573 e. The SMILES string of the molecule is Cc1cc(OCc2nc(C3=CC=C(Oc4ccccc4)C(C)C3)c(-c3ccc(OC(F)(F)F)cc3)o2)ccc1OCC(=O)O. The van der Waals surface area contributed by atoms with Crippen LogP contribution >= 0.6 is 0 Å². The number of alkyl halides is 3. The van der Waals surface area contributed by atoms with Crippen molar-refractivity contribution in [1.82, 2.24) is 4.98 Å². The number of hydrogen-bond acceptors (Lipinski definition) is 7. The molecular weight excluding hydrogens is 579 g/mol. The van der Waals surface area contributed by atoms with Gasteiger partial charge in [-0.15, -0.1) is 13.2 Å². The Balaban J connectivity index is 1.41. The number of halogens is 3. The smallest absolute Gasteiger partial charge is 0.484 e. The lowest BCUT2D eigenvalue weighted by Gasteiger charge is -2.21. The van der Waals surface area contributed by atoms with Crippen molar-refractivity contribution in [3.05, 3.63) is 108 Å². The average molecular weight is 608 g/mol. The summed E-state index contributed by atoms with van der Waals surface area (Å²) in [5.41, 5.74) is 2.58. The zero-order valence-electron chi connectivity index (χ0n) is 23.8. The van der Waals surface area contributed by atoms with Crippen molar-refractivity contribution in [2.45, 2.75) is 33.2 Å². The molecular formula is C33H28F3NO7. The van der Waals surface area contributed by atoms with E-state index < -0.39 is 18.9 Å². The number of oxazole rings is 1. The number of rotatable bonds is 11. The number of ether oxygens (including phenoxy) is 4. The highest BCUT2D eigenvalue weighted by Crippen LogP contribution is 2.38. The summed E-state index contributed by atoms with van der Waals surface area (Å²) in [5, 5.41) is 8.85. The standard InChI is InChI=1S/C33H28F3NO7/c1-20-16-23(10-14-28(20)42-24-6-4-3-5-7-24)31-32(22-8-11-25(12-9-22)44-33(34,35)36)43-29(37-31)18-40-26-13-15-27(21(2)17-26)41-19-30(38)39/h3-15,17,20H,16,18-19H2,1-2H3,(H,38,39). The molecule has 0 aliphatic heterocycles. The van der Waals surface area contributed by atoms with E-state index in [2.05, 4.69) is 4.74 Å². The van der Waals surface area contributed by atoms with Crippen molar-refractivity contribution in [1.29, 1.82) is 0 Å². The zero-order valence-corrected chi connectivity index (χ0v) is 23.8. The lowest BCUT2D eigenvalue weighted by molar-refractivity contribution is -0.274. The van der Waals surface area contributed by atoms with Gasteiger partial charge in [-0.3, -0.25) is 0 Å². The van der Waals surface area contributed by atoms with Crippen LogP contribution in [0.25, 0.3) is 16.9 Å². The number of nitrogens with zero attached hydrogens (tertiary/aromatic N) is 1. The van der Waals surface area contributed by atoms with Crippen molar-refractivity contribution < 1.29 is 46.4 Å². The van der Waals surface area contributed by atoms with E-state index in [9.17, 15) is 18.0 Å². The first-order valence-corrected chi connectivity index (χ1v) is 13.6. The Hall–Kier alpha value is -5.19. The van der Waals surface area contributed by atoms with Gasteiger partial charge in [-0.25, -0.2) is 9.78 Å². The molecule has 1 heterocycles. The monoisotopic (exact) mass is 607 g/mol. The summed E-state index contributed by atoms with van der Waals surface area (Å²) in [6, 6.07) is 19.8. The molecule has 0 radical (unpaired) electrons. The number of benzene rings is 3. The number of aliphatic carboxylic acids is 1. The van der Waals surface area contributed by atoms with E-state index in [1.165, 1.54) is 24.3 Å². The number of carboxylic acids is 1. The van der Waals surface area contributed by atoms with Crippen molar-refractivity contribution in [3.8, 4) is 34.3 Å². The second-order valence-corrected chi connectivity index (χ2v) is 10.0.